The first-order chi connectivity index (χ1) is 10.4. The van der Waals surface area contributed by atoms with Crippen LogP contribution in [-0.2, 0) is 11.3 Å². The average Bonchev–Trinajstić information content (AvgIpc) is 2.54. The molecule has 0 amide bonds. The molecular weight excluding hydrogens is 389 g/mol. The summed E-state index contributed by atoms with van der Waals surface area (Å²) in [7, 11) is 0. The van der Waals surface area contributed by atoms with E-state index in [2.05, 4.69) is 40.8 Å². The van der Waals surface area contributed by atoms with Gasteiger partial charge in [-0.2, -0.15) is 0 Å². The minimum atomic E-state index is 0. The van der Waals surface area contributed by atoms with E-state index in [0.29, 0.717) is 6.54 Å². The number of guanidine groups is 1. The highest BCUT2D eigenvalue weighted by atomic mass is 127. The Bertz CT molecular complexity index is 474. The fraction of sp³-hybridized carbons (Fsp3) is 0.471. The van der Waals surface area contributed by atoms with Gasteiger partial charge >= 0.3 is 0 Å². The van der Waals surface area contributed by atoms with E-state index in [4.69, 9.17) is 4.74 Å². The van der Waals surface area contributed by atoms with Gasteiger partial charge in [-0.1, -0.05) is 42.0 Å². The largest absolute Gasteiger partial charge is 0.377 e. The Kier molecular flexibility index (Phi) is 9.90. The topological polar surface area (TPSA) is 45.7 Å². The van der Waals surface area contributed by atoms with Crippen molar-refractivity contribution in [3.05, 3.63) is 47.5 Å². The number of hydrogen-bond acceptors (Lipinski definition) is 2. The third-order valence-corrected chi connectivity index (χ3v) is 3.40. The molecule has 1 heterocycles. The Hall–Kier alpha value is -1.08. The number of nitrogens with one attached hydrogen (secondary N) is 2. The number of aliphatic imine (C=N–C) groups is 1. The van der Waals surface area contributed by atoms with E-state index in [1.165, 1.54) is 11.1 Å². The Morgan fingerprint density at radius 3 is 2.73 bits per heavy atom. The molecule has 22 heavy (non-hydrogen) atoms. The Labute approximate surface area is 150 Å². The smallest absolute Gasteiger partial charge is 0.191 e. The van der Waals surface area contributed by atoms with Crippen molar-refractivity contribution in [2.75, 3.05) is 26.3 Å². The van der Waals surface area contributed by atoms with Crippen LogP contribution in [0.5, 0.6) is 0 Å². The molecule has 0 saturated heterocycles. The standard InChI is InChI=1S/C17H25N3O.HI/c1-2-18-17(20-14-16-6-4-3-5-7-16)19-11-8-15-9-12-21-13-10-15;/h3-7,9H,2,8,10-14H2,1H3,(H2,18,19,20);1H. The molecule has 0 bridgehead atoms. The summed E-state index contributed by atoms with van der Waals surface area (Å²) < 4.78 is 5.32. The summed E-state index contributed by atoms with van der Waals surface area (Å²) in [4.78, 5) is 4.62. The van der Waals surface area contributed by atoms with Crippen molar-refractivity contribution in [3.63, 3.8) is 0 Å². The maximum absolute atomic E-state index is 5.32. The van der Waals surface area contributed by atoms with Crippen molar-refractivity contribution in [2.45, 2.75) is 26.3 Å². The number of hydrogen-bond donors (Lipinski definition) is 2. The van der Waals surface area contributed by atoms with Crippen LogP contribution in [0.4, 0.5) is 0 Å². The average molecular weight is 415 g/mol. The zero-order chi connectivity index (χ0) is 14.8. The lowest BCUT2D eigenvalue weighted by Gasteiger charge is -2.15. The molecule has 0 unspecified atom stereocenters. The SMILES string of the molecule is CCNC(=NCc1ccccc1)NCCC1=CCOCC1.I. The molecule has 2 N–H and O–H groups in total. The number of halogens is 1. The monoisotopic (exact) mass is 415 g/mol. The predicted octanol–water partition coefficient (Wildman–Crippen LogP) is 3.10. The Balaban J connectivity index is 0.00000242. The number of benzene rings is 1. The second kappa shape index (κ2) is 11.5. The van der Waals surface area contributed by atoms with Crippen LogP contribution in [0.15, 0.2) is 47.0 Å². The van der Waals surface area contributed by atoms with Gasteiger partial charge in [0, 0.05) is 13.1 Å². The van der Waals surface area contributed by atoms with Crippen LogP contribution in [-0.4, -0.2) is 32.3 Å². The molecule has 5 heteroatoms. The van der Waals surface area contributed by atoms with Gasteiger partial charge in [-0.05, 0) is 25.3 Å². The van der Waals surface area contributed by atoms with E-state index in [9.17, 15) is 0 Å². The minimum absolute atomic E-state index is 0. The molecule has 0 spiro atoms. The highest BCUT2D eigenvalue weighted by molar-refractivity contribution is 14.0. The van der Waals surface area contributed by atoms with Crippen molar-refractivity contribution in [1.82, 2.24) is 10.6 Å². The molecule has 0 aromatic heterocycles. The van der Waals surface area contributed by atoms with Crippen molar-refractivity contribution in [2.24, 2.45) is 4.99 Å². The van der Waals surface area contributed by atoms with Gasteiger partial charge in [-0.15, -0.1) is 24.0 Å². The van der Waals surface area contributed by atoms with Crippen LogP contribution >= 0.6 is 24.0 Å². The molecule has 1 aromatic rings. The second-order valence-corrected chi connectivity index (χ2v) is 5.04. The number of ether oxygens (including phenoxy) is 1. The van der Waals surface area contributed by atoms with Gasteiger partial charge in [0.25, 0.3) is 0 Å². The van der Waals surface area contributed by atoms with Crippen LogP contribution < -0.4 is 10.6 Å². The van der Waals surface area contributed by atoms with E-state index in [1.807, 2.05) is 18.2 Å². The predicted molar refractivity (Wildman–Crippen MR) is 103 cm³/mol. The lowest BCUT2D eigenvalue weighted by molar-refractivity contribution is 0.153. The second-order valence-electron chi connectivity index (χ2n) is 5.04. The number of rotatable bonds is 6. The highest BCUT2D eigenvalue weighted by Gasteiger charge is 2.04. The molecule has 0 fully saturated rings. The van der Waals surface area contributed by atoms with Crippen molar-refractivity contribution in [1.29, 1.82) is 0 Å². The van der Waals surface area contributed by atoms with Gasteiger partial charge < -0.3 is 15.4 Å². The summed E-state index contributed by atoms with van der Waals surface area (Å²) in [6, 6.07) is 10.3. The molecule has 0 radical (unpaired) electrons. The van der Waals surface area contributed by atoms with Crippen molar-refractivity contribution >= 4 is 29.9 Å². The van der Waals surface area contributed by atoms with Crippen LogP contribution in [0.1, 0.15) is 25.3 Å². The first-order valence-electron chi connectivity index (χ1n) is 7.70. The van der Waals surface area contributed by atoms with E-state index in [1.54, 1.807) is 0 Å². The van der Waals surface area contributed by atoms with Crippen LogP contribution in [0.3, 0.4) is 0 Å². The molecule has 2 rings (SSSR count). The van der Waals surface area contributed by atoms with E-state index in [-0.39, 0.29) is 24.0 Å². The third-order valence-electron chi connectivity index (χ3n) is 3.40. The van der Waals surface area contributed by atoms with Gasteiger partial charge in [0.2, 0.25) is 0 Å². The van der Waals surface area contributed by atoms with Crippen LogP contribution in [0, 0.1) is 0 Å². The molecule has 1 aliphatic heterocycles. The Morgan fingerprint density at radius 2 is 2.05 bits per heavy atom. The highest BCUT2D eigenvalue weighted by Crippen LogP contribution is 2.10. The summed E-state index contributed by atoms with van der Waals surface area (Å²) in [5, 5.41) is 6.68. The summed E-state index contributed by atoms with van der Waals surface area (Å²) >= 11 is 0. The van der Waals surface area contributed by atoms with Gasteiger partial charge in [-0.3, -0.25) is 0 Å². The fourth-order valence-electron chi connectivity index (χ4n) is 2.23. The lowest BCUT2D eigenvalue weighted by Crippen LogP contribution is -2.38. The molecule has 0 atom stereocenters. The van der Waals surface area contributed by atoms with Crippen LogP contribution in [0.2, 0.25) is 0 Å². The zero-order valence-corrected chi connectivity index (χ0v) is 15.5. The van der Waals surface area contributed by atoms with Gasteiger partial charge in [0.05, 0.1) is 19.8 Å². The van der Waals surface area contributed by atoms with E-state index < -0.39 is 0 Å². The molecule has 122 valence electrons. The third kappa shape index (κ3) is 7.26. The van der Waals surface area contributed by atoms with Gasteiger partial charge in [0.1, 0.15) is 0 Å². The van der Waals surface area contributed by atoms with Gasteiger partial charge in [0.15, 0.2) is 5.96 Å². The maximum atomic E-state index is 5.32. The maximum Gasteiger partial charge on any atom is 0.191 e. The normalized spacial score (nSPS) is 14.8. The summed E-state index contributed by atoms with van der Waals surface area (Å²) in [5.41, 5.74) is 2.70. The summed E-state index contributed by atoms with van der Waals surface area (Å²) in [6.07, 6.45) is 4.30. The summed E-state index contributed by atoms with van der Waals surface area (Å²) in [5.74, 6) is 0.883. The van der Waals surface area contributed by atoms with Gasteiger partial charge in [-0.25, -0.2) is 4.99 Å². The number of nitrogens with zero attached hydrogens (tertiary/aromatic N) is 1. The minimum Gasteiger partial charge on any atom is -0.377 e. The molecule has 1 aromatic carbocycles. The molecular formula is C17H26IN3O. The van der Waals surface area contributed by atoms with Crippen molar-refractivity contribution in [3.8, 4) is 0 Å². The Morgan fingerprint density at radius 1 is 1.23 bits per heavy atom. The van der Waals surface area contributed by atoms with E-state index >= 15 is 0 Å². The summed E-state index contributed by atoms with van der Waals surface area (Å²) in [6.45, 7) is 6.18. The molecule has 4 nitrogen and oxygen atoms in total. The first kappa shape index (κ1) is 19.0. The molecule has 0 aliphatic carbocycles. The first-order valence-corrected chi connectivity index (χ1v) is 7.70. The molecule has 1 aliphatic rings. The fourth-order valence-corrected chi connectivity index (χ4v) is 2.23. The van der Waals surface area contributed by atoms with Crippen molar-refractivity contribution < 1.29 is 4.74 Å². The molecule has 0 saturated carbocycles. The zero-order valence-electron chi connectivity index (χ0n) is 13.2. The lowest BCUT2D eigenvalue weighted by atomic mass is 10.1. The quantitative estimate of drug-likeness (QED) is 0.325. The van der Waals surface area contributed by atoms with Crippen LogP contribution in [0.25, 0.3) is 0 Å². The van der Waals surface area contributed by atoms with E-state index in [0.717, 1.165) is 45.1 Å².